The second-order valence-electron chi connectivity index (χ2n) is 3.44. The maximum Gasteiger partial charge on any atom is 0.331 e. The summed E-state index contributed by atoms with van der Waals surface area (Å²) in [6, 6.07) is 0. The maximum atomic E-state index is 10.8. The molecule has 4 heteroatoms. The zero-order valence-corrected chi connectivity index (χ0v) is 7.58. The Morgan fingerprint density at radius 1 is 1.46 bits per heavy atom. The number of nitrogens with one attached hydrogen (secondary N) is 1. The van der Waals surface area contributed by atoms with Crippen molar-refractivity contribution in [1.29, 1.82) is 0 Å². The SMILES string of the molecule is O=C1C=C(CN2CCNCC2)CO1. The van der Waals surface area contributed by atoms with Crippen molar-refractivity contribution in [2.75, 3.05) is 39.3 Å². The van der Waals surface area contributed by atoms with Gasteiger partial charge in [0.1, 0.15) is 6.61 Å². The van der Waals surface area contributed by atoms with Crippen molar-refractivity contribution in [3.63, 3.8) is 0 Å². The van der Waals surface area contributed by atoms with Crippen LogP contribution in [0.5, 0.6) is 0 Å². The van der Waals surface area contributed by atoms with E-state index in [4.69, 9.17) is 4.74 Å². The molecule has 0 aliphatic carbocycles. The summed E-state index contributed by atoms with van der Waals surface area (Å²) in [5.74, 6) is -0.190. The standard InChI is InChI=1S/C9H14N2O2/c12-9-5-8(7-13-9)6-11-3-1-10-2-4-11/h5,10H,1-4,6-7H2. The first-order valence-electron chi connectivity index (χ1n) is 4.64. The Labute approximate surface area is 77.5 Å². The highest BCUT2D eigenvalue weighted by atomic mass is 16.5. The molecule has 0 unspecified atom stereocenters. The van der Waals surface area contributed by atoms with E-state index >= 15 is 0 Å². The highest BCUT2D eigenvalue weighted by Crippen LogP contribution is 2.08. The van der Waals surface area contributed by atoms with Crippen molar-refractivity contribution >= 4 is 5.97 Å². The van der Waals surface area contributed by atoms with Gasteiger partial charge < -0.3 is 10.1 Å². The molecule has 4 nitrogen and oxygen atoms in total. The number of piperazine rings is 1. The normalized spacial score (nSPS) is 24.3. The summed E-state index contributed by atoms with van der Waals surface area (Å²) in [5.41, 5.74) is 1.10. The molecule has 0 spiro atoms. The van der Waals surface area contributed by atoms with E-state index in [1.54, 1.807) is 6.08 Å². The molecule has 2 aliphatic rings. The molecular formula is C9H14N2O2. The topological polar surface area (TPSA) is 41.6 Å². The van der Waals surface area contributed by atoms with Gasteiger partial charge in [0.15, 0.2) is 0 Å². The van der Waals surface area contributed by atoms with E-state index < -0.39 is 0 Å². The van der Waals surface area contributed by atoms with Crippen molar-refractivity contribution in [1.82, 2.24) is 10.2 Å². The smallest absolute Gasteiger partial charge is 0.331 e. The first-order valence-corrected chi connectivity index (χ1v) is 4.64. The van der Waals surface area contributed by atoms with E-state index in [0.717, 1.165) is 38.3 Å². The second kappa shape index (κ2) is 3.89. The Morgan fingerprint density at radius 2 is 2.23 bits per heavy atom. The van der Waals surface area contributed by atoms with E-state index in [0.29, 0.717) is 6.61 Å². The third-order valence-electron chi connectivity index (χ3n) is 2.36. The van der Waals surface area contributed by atoms with Crippen LogP contribution in [0.4, 0.5) is 0 Å². The lowest BCUT2D eigenvalue weighted by atomic mass is 10.2. The lowest BCUT2D eigenvalue weighted by Gasteiger charge is -2.27. The molecule has 0 aromatic heterocycles. The van der Waals surface area contributed by atoms with Crippen molar-refractivity contribution in [2.24, 2.45) is 0 Å². The molecular weight excluding hydrogens is 168 g/mol. The van der Waals surface area contributed by atoms with Crippen LogP contribution in [-0.4, -0.2) is 50.2 Å². The van der Waals surface area contributed by atoms with Gasteiger partial charge in [-0.2, -0.15) is 0 Å². The average Bonchev–Trinajstić information content (AvgIpc) is 2.53. The Hall–Kier alpha value is -0.870. The highest BCUT2D eigenvalue weighted by Gasteiger charge is 2.17. The van der Waals surface area contributed by atoms with E-state index in [9.17, 15) is 4.79 Å². The number of carbonyl (C=O) groups is 1. The molecule has 0 atom stereocenters. The molecule has 2 heterocycles. The number of rotatable bonds is 2. The van der Waals surface area contributed by atoms with Crippen LogP contribution in [0.15, 0.2) is 11.6 Å². The number of carbonyl (C=O) groups excluding carboxylic acids is 1. The molecule has 0 aromatic carbocycles. The predicted octanol–water partition coefficient (Wildman–Crippen LogP) is -0.625. The third-order valence-corrected chi connectivity index (χ3v) is 2.36. The van der Waals surface area contributed by atoms with Gasteiger partial charge in [-0.1, -0.05) is 0 Å². The minimum absolute atomic E-state index is 0.190. The van der Waals surface area contributed by atoms with Crippen molar-refractivity contribution in [3.05, 3.63) is 11.6 Å². The summed E-state index contributed by atoms with van der Waals surface area (Å²) in [6.07, 6.45) is 1.61. The summed E-state index contributed by atoms with van der Waals surface area (Å²) in [4.78, 5) is 13.1. The van der Waals surface area contributed by atoms with Gasteiger partial charge >= 0.3 is 5.97 Å². The van der Waals surface area contributed by atoms with E-state index in [1.807, 2.05) is 0 Å². The monoisotopic (exact) mass is 182 g/mol. The molecule has 0 bridgehead atoms. The molecule has 2 rings (SSSR count). The van der Waals surface area contributed by atoms with E-state index in [-0.39, 0.29) is 5.97 Å². The molecule has 1 fully saturated rings. The van der Waals surface area contributed by atoms with Gasteiger partial charge in [0.05, 0.1) is 0 Å². The molecule has 72 valence electrons. The van der Waals surface area contributed by atoms with Crippen LogP contribution in [0.25, 0.3) is 0 Å². The zero-order valence-electron chi connectivity index (χ0n) is 7.58. The minimum atomic E-state index is -0.190. The Bertz CT molecular complexity index is 232. The quantitative estimate of drug-likeness (QED) is 0.578. The van der Waals surface area contributed by atoms with E-state index in [1.165, 1.54) is 0 Å². The van der Waals surface area contributed by atoms with Gasteiger partial charge in [-0.15, -0.1) is 0 Å². The summed E-state index contributed by atoms with van der Waals surface area (Å²) in [6.45, 7) is 5.58. The van der Waals surface area contributed by atoms with Crippen molar-refractivity contribution < 1.29 is 9.53 Å². The Balaban J connectivity index is 1.83. The number of nitrogens with zero attached hydrogens (tertiary/aromatic N) is 1. The maximum absolute atomic E-state index is 10.8. The van der Waals surface area contributed by atoms with Crippen LogP contribution in [0.3, 0.4) is 0 Å². The van der Waals surface area contributed by atoms with Crippen molar-refractivity contribution in [3.8, 4) is 0 Å². The summed E-state index contributed by atoms with van der Waals surface area (Å²) < 4.78 is 4.83. The van der Waals surface area contributed by atoms with Crippen LogP contribution in [-0.2, 0) is 9.53 Å². The lowest BCUT2D eigenvalue weighted by Crippen LogP contribution is -2.44. The Morgan fingerprint density at radius 3 is 2.85 bits per heavy atom. The zero-order chi connectivity index (χ0) is 9.10. The highest BCUT2D eigenvalue weighted by molar-refractivity contribution is 5.85. The fourth-order valence-electron chi connectivity index (χ4n) is 1.66. The number of hydrogen-bond donors (Lipinski definition) is 1. The first kappa shape index (κ1) is 8.72. The van der Waals surface area contributed by atoms with Crippen LogP contribution in [0, 0.1) is 0 Å². The molecule has 0 radical (unpaired) electrons. The number of cyclic esters (lactones) is 1. The largest absolute Gasteiger partial charge is 0.458 e. The third kappa shape index (κ3) is 2.29. The fraction of sp³-hybridized carbons (Fsp3) is 0.667. The summed E-state index contributed by atoms with van der Waals surface area (Å²) in [7, 11) is 0. The van der Waals surface area contributed by atoms with Gasteiger partial charge in [0.2, 0.25) is 0 Å². The predicted molar refractivity (Wildman–Crippen MR) is 48.4 cm³/mol. The van der Waals surface area contributed by atoms with Gasteiger partial charge in [0, 0.05) is 38.8 Å². The molecule has 1 saturated heterocycles. The van der Waals surface area contributed by atoms with Gasteiger partial charge in [-0.3, -0.25) is 4.90 Å². The molecule has 13 heavy (non-hydrogen) atoms. The van der Waals surface area contributed by atoms with Gasteiger partial charge in [-0.05, 0) is 5.57 Å². The number of esters is 1. The average molecular weight is 182 g/mol. The lowest BCUT2D eigenvalue weighted by molar-refractivity contribution is -0.134. The molecule has 0 amide bonds. The minimum Gasteiger partial charge on any atom is -0.458 e. The molecule has 0 aromatic rings. The second-order valence-corrected chi connectivity index (χ2v) is 3.44. The first-order chi connectivity index (χ1) is 6.34. The Kier molecular flexibility index (Phi) is 2.61. The van der Waals surface area contributed by atoms with Crippen LogP contribution in [0.2, 0.25) is 0 Å². The van der Waals surface area contributed by atoms with Crippen molar-refractivity contribution in [2.45, 2.75) is 0 Å². The van der Waals surface area contributed by atoms with Crippen LogP contribution in [0.1, 0.15) is 0 Å². The molecule has 1 N–H and O–H groups in total. The van der Waals surface area contributed by atoms with Crippen LogP contribution < -0.4 is 5.32 Å². The number of ether oxygens (including phenoxy) is 1. The number of hydrogen-bond acceptors (Lipinski definition) is 4. The van der Waals surface area contributed by atoms with E-state index in [2.05, 4.69) is 10.2 Å². The van der Waals surface area contributed by atoms with Gasteiger partial charge in [0.25, 0.3) is 0 Å². The summed E-state index contributed by atoms with van der Waals surface area (Å²) >= 11 is 0. The molecule has 0 saturated carbocycles. The van der Waals surface area contributed by atoms with Crippen LogP contribution >= 0.6 is 0 Å². The van der Waals surface area contributed by atoms with Gasteiger partial charge in [-0.25, -0.2) is 4.79 Å². The summed E-state index contributed by atoms with van der Waals surface area (Å²) in [5, 5.41) is 3.29. The molecule has 2 aliphatic heterocycles. The fourth-order valence-corrected chi connectivity index (χ4v) is 1.66.